The normalized spacial score (nSPS) is 16.2. The number of methoxy groups -OCH3 is 1. The van der Waals surface area contributed by atoms with Crippen molar-refractivity contribution in [3.05, 3.63) is 77.0 Å². The van der Waals surface area contributed by atoms with Crippen molar-refractivity contribution >= 4 is 34.9 Å². The molecule has 7 heteroatoms. The summed E-state index contributed by atoms with van der Waals surface area (Å²) in [5.74, 6) is -0.761. The summed E-state index contributed by atoms with van der Waals surface area (Å²) in [5, 5.41) is 9.34. The molecule has 3 N–H and O–H groups in total. The molecule has 0 radical (unpaired) electrons. The second kappa shape index (κ2) is 8.01. The number of anilines is 1. The van der Waals surface area contributed by atoms with E-state index in [-0.39, 0.29) is 5.91 Å². The van der Waals surface area contributed by atoms with Crippen molar-refractivity contribution in [1.29, 1.82) is 0 Å². The van der Waals surface area contributed by atoms with Crippen LogP contribution in [0.3, 0.4) is 0 Å². The first-order valence-electron chi connectivity index (χ1n) is 8.33. The fourth-order valence-electron chi connectivity index (χ4n) is 2.99. The van der Waals surface area contributed by atoms with Gasteiger partial charge in [0.15, 0.2) is 5.11 Å². The van der Waals surface area contributed by atoms with Crippen molar-refractivity contribution in [2.45, 2.75) is 13.0 Å². The molecule has 2 aromatic rings. The lowest BCUT2D eigenvalue weighted by Gasteiger charge is -2.31. The van der Waals surface area contributed by atoms with E-state index >= 15 is 0 Å². The monoisotopic (exact) mass is 381 g/mol. The smallest absolute Gasteiger partial charge is 0.338 e. The van der Waals surface area contributed by atoms with Crippen LogP contribution in [0.15, 0.2) is 65.9 Å². The Kier molecular flexibility index (Phi) is 5.52. The summed E-state index contributed by atoms with van der Waals surface area (Å²) in [4.78, 5) is 25.2. The maximum atomic E-state index is 13.0. The highest BCUT2D eigenvalue weighted by atomic mass is 32.1. The molecule has 0 saturated heterocycles. The minimum atomic E-state index is -0.585. The Balaban J connectivity index is 2.03. The minimum Gasteiger partial charge on any atom is -0.465 e. The van der Waals surface area contributed by atoms with Crippen LogP contribution in [0.1, 0.15) is 28.9 Å². The van der Waals surface area contributed by atoms with Gasteiger partial charge in [0.05, 0.1) is 24.3 Å². The van der Waals surface area contributed by atoms with Crippen LogP contribution in [0.25, 0.3) is 0 Å². The number of carbonyl (C=O) groups is 2. The summed E-state index contributed by atoms with van der Waals surface area (Å²) in [7, 11) is 1.32. The Hall–Kier alpha value is -3.19. The van der Waals surface area contributed by atoms with E-state index in [9.17, 15) is 9.59 Å². The highest BCUT2D eigenvalue weighted by Gasteiger charge is 2.32. The lowest BCUT2D eigenvalue weighted by molar-refractivity contribution is -0.113. The van der Waals surface area contributed by atoms with Gasteiger partial charge in [-0.05, 0) is 42.9 Å². The third-order valence-electron chi connectivity index (χ3n) is 4.22. The molecule has 0 fully saturated rings. The summed E-state index contributed by atoms with van der Waals surface area (Å²) in [6.07, 6.45) is 0. The summed E-state index contributed by atoms with van der Waals surface area (Å²) in [6.45, 7) is 1.78. The van der Waals surface area contributed by atoms with Gasteiger partial charge in [0.2, 0.25) is 0 Å². The second-order valence-corrected chi connectivity index (χ2v) is 6.38. The fourth-order valence-corrected chi connectivity index (χ4v) is 3.26. The number of allylic oxidation sites excluding steroid dienone is 1. The quantitative estimate of drug-likeness (QED) is 0.558. The van der Waals surface area contributed by atoms with E-state index in [0.29, 0.717) is 33.2 Å². The molecule has 0 aliphatic carbocycles. The first-order chi connectivity index (χ1) is 13.0. The summed E-state index contributed by atoms with van der Waals surface area (Å²) in [5.41, 5.74) is 2.74. The molecule has 1 atom stereocenters. The number of carbonyl (C=O) groups excluding carboxylic acids is 2. The highest BCUT2D eigenvalue weighted by molar-refractivity contribution is 7.80. The van der Waals surface area contributed by atoms with Crippen LogP contribution in [0, 0.1) is 0 Å². The molecule has 138 valence electrons. The van der Waals surface area contributed by atoms with Crippen LogP contribution < -0.4 is 16.0 Å². The van der Waals surface area contributed by atoms with Crippen LogP contribution in [0.4, 0.5) is 5.69 Å². The predicted octanol–water partition coefficient (Wildman–Crippen LogP) is 2.90. The minimum absolute atomic E-state index is 0.286. The van der Waals surface area contributed by atoms with Crippen molar-refractivity contribution in [3.8, 4) is 0 Å². The van der Waals surface area contributed by atoms with Crippen LogP contribution in [0.5, 0.6) is 0 Å². The Bertz CT molecular complexity index is 925. The van der Waals surface area contributed by atoms with Gasteiger partial charge in [-0.15, -0.1) is 0 Å². The Morgan fingerprint density at radius 2 is 1.74 bits per heavy atom. The Labute approximate surface area is 162 Å². The summed E-state index contributed by atoms with van der Waals surface area (Å²) in [6, 6.07) is 15.6. The van der Waals surface area contributed by atoms with E-state index in [1.54, 1.807) is 43.3 Å². The van der Waals surface area contributed by atoms with Crippen molar-refractivity contribution in [3.63, 3.8) is 0 Å². The van der Waals surface area contributed by atoms with Gasteiger partial charge < -0.3 is 20.7 Å². The molecular formula is C20H19N3O3S. The molecule has 1 heterocycles. The van der Waals surface area contributed by atoms with E-state index < -0.39 is 12.0 Å². The molecule has 2 aromatic carbocycles. The third-order valence-corrected chi connectivity index (χ3v) is 4.44. The van der Waals surface area contributed by atoms with Gasteiger partial charge in [-0.25, -0.2) is 4.79 Å². The maximum Gasteiger partial charge on any atom is 0.338 e. The molecule has 0 spiro atoms. The number of para-hydroxylation sites is 1. The SMILES string of the molecule is COC(=O)c1ccccc1C1NC(=S)NC(C)=C1C(=O)Nc1ccccc1. The molecule has 1 unspecified atom stereocenters. The number of benzene rings is 2. The van der Waals surface area contributed by atoms with Crippen molar-refractivity contribution in [1.82, 2.24) is 10.6 Å². The summed E-state index contributed by atoms with van der Waals surface area (Å²) < 4.78 is 4.88. The molecule has 0 bridgehead atoms. The van der Waals surface area contributed by atoms with Gasteiger partial charge in [-0.3, -0.25) is 4.79 Å². The van der Waals surface area contributed by atoms with Crippen molar-refractivity contribution < 1.29 is 14.3 Å². The summed E-state index contributed by atoms with van der Waals surface area (Å²) >= 11 is 5.26. The van der Waals surface area contributed by atoms with Crippen LogP contribution >= 0.6 is 12.2 Å². The first-order valence-corrected chi connectivity index (χ1v) is 8.74. The van der Waals surface area contributed by atoms with Gasteiger partial charge in [0.1, 0.15) is 0 Å². The number of ether oxygens (including phenoxy) is 1. The topological polar surface area (TPSA) is 79.5 Å². The molecule has 27 heavy (non-hydrogen) atoms. The van der Waals surface area contributed by atoms with E-state index in [0.717, 1.165) is 0 Å². The Morgan fingerprint density at radius 1 is 1.07 bits per heavy atom. The van der Waals surface area contributed by atoms with E-state index in [1.165, 1.54) is 7.11 Å². The number of hydrogen-bond donors (Lipinski definition) is 3. The number of amides is 1. The number of nitrogens with one attached hydrogen (secondary N) is 3. The zero-order chi connectivity index (χ0) is 19.4. The van der Waals surface area contributed by atoms with Crippen molar-refractivity contribution in [2.24, 2.45) is 0 Å². The molecule has 1 aliphatic heterocycles. The molecule has 1 amide bonds. The van der Waals surface area contributed by atoms with Gasteiger partial charge >= 0.3 is 5.97 Å². The number of thiocarbonyl (C=S) groups is 1. The van der Waals surface area contributed by atoms with E-state index in [2.05, 4.69) is 16.0 Å². The first kappa shape index (κ1) is 18.6. The number of rotatable bonds is 4. The van der Waals surface area contributed by atoms with Gasteiger partial charge in [-0.1, -0.05) is 36.4 Å². The van der Waals surface area contributed by atoms with Crippen LogP contribution in [-0.4, -0.2) is 24.1 Å². The largest absolute Gasteiger partial charge is 0.465 e. The fraction of sp³-hybridized carbons (Fsp3) is 0.150. The highest BCUT2D eigenvalue weighted by Crippen LogP contribution is 2.30. The van der Waals surface area contributed by atoms with Crippen LogP contribution in [0.2, 0.25) is 0 Å². The zero-order valence-corrected chi connectivity index (χ0v) is 15.7. The average molecular weight is 381 g/mol. The predicted molar refractivity (Wildman–Crippen MR) is 107 cm³/mol. The van der Waals surface area contributed by atoms with Gasteiger partial charge in [0.25, 0.3) is 5.91 Å². The standard InChI is InChI=1S/C20H19N3O3S/c1-12-16(18(24)22-13-8-4-3-5-9-13)17(23-20(27)21-12)14-10-6-7-11-15(14)19(25)26-2/h3-11,17H,1-2H3,(H,22,24)(H2,21,23,27). The van der Waals surface area contributed by atoms with Gasteiger partial charge in [0, 0.05) is 11.4 Å². The third kappa shape index (κ3) is 3.98. The lowest BCUT2D eigenvalue weighted by Crippen LogP contribution is -2.46. The maximum absolute atomic E-state index is 13.0. The average Bonchev–Trinajstić information content (AvgIpc) is 2.67. The Morgan fingerprint density at radius 3 is 2.44 bits per heavy atom. The van der Waals surface area contributed by atoms with E-state index in [4.69, 9.17) is 17.0 Å². The molecule has 1 aliphatic rings. The van der Waals surface area contributed by atoms with Gasteiger partial charge in [-0.2, -0.15) is 0 Å². The lowest BCUT2D eigenvalue weighted by atomic mass is 9.91. The molecule has 6 nitrogen and oxygen atoms in total. The molecule has 0 aromatic heterocycles. The zero-order valence-electron chi connectivity index (χ0n) is 14.9. The molecule has 0 saturated carbocycles. The molecular weight excluding hydrogens is 362 g/mol. The number of hydrogen-bond acceptors (Lipinski definition) is 4. The van der Waals surface area contributed by atoms with E-state index in [1.807, 2.05) is 18.2 Å². The van der Waals surface area contributed by atoms with Crippen LogP contribution in [-0.2, 0) is 9.53 Å². The molecule has 3 rings (SSSR count). The number of esters is 1. The van der Waals surface area contributed by atoms with Crippen molar-refractivity contribution in [2.75, 3.05) is 12.4 Å². The second-order valence-electron chi connectivity index (χ2n) is 5.97.